The van der Waals surface area contributed by atoms with E-state index in [9.17, 15) is 0 Å². The van der Waals surface area contributed by atoms with E-state index in [1.165, 1.54) is 0 Å². The van der Waals surface area contributed by atoms with Gasteiger partial charge in [-0.05, 0) is 42.8 Å². The van der Waals surface area contributed by atoms with Crippen molar-refractivity contribution >= 4 is 23.2 Å². The minimum absolute atomic E-state index is 0.218. The van der Waals surface area contributed by atoms with Gasteiger partial charge in [0.1, 0.15) is 0 Å². The molecule has 18 heavy (non-hydrogen) atoms. The predicted molar refractivity (Wildman–Crippen MR) is 76.2 cm³/mol. The third-order valence-electron chi connectivity index (χ3n) is 2.86. The number of benzene rings is 1. The highest BCUT2D eigenvalue weighted by Crippen LogP contribution is 2.25. The van der Waals surface area contributed by atoms with E-state index in [0.29, 0.717) is 10.0 Å². The van der Waals surface area contributed by atoms with Gasteiger partial charge in [-0.2, -0.15) is 0 Å². The Bertz CT molecular complexity index is 514. The Morgan fingerprint density at radius 1 is 1.22 bits per heavy atom. The van der Waals surface area contributed by atoms with Gasteiger partial charge in [-0.15, -0.1) is 0 Å². The molecule has 0 amide bonds. The van der Waals surface area contributed by atoms with E-state index >= 15 is 0 Å². The summed E-state index contributed by atoms with van der Waals surface area (Å²) in [5, 5.41) is 4.46. The van der Waals surface area contributed by atoms with Crippen LogP contribution in [-0.2, 0) is 6.42 Å². The molecule has 2 aromatic rings. The third-order valence-corrected chi connectivity index (χ3v) is 3.60. The summed E-state index contributed by atoms with van der Waals surface area (Å²) in [6.07, 6.45) is 4.49. The molecule has 0 aliphatic rings. The topological polar surface area (TPSA) is 24.9 Å². The molecule has 0 saturated carbocycles. The molecule has 2 rings (SSSR count). The lowest BCUT2D eigenvalue weighted by molar-refractivity contribution is 0.590. The molecule has 1 aromatic heterocycles. The fourth-order valence-corrected chi connectivity index (χ4v) is 2.19. The molecule has 0 aliphatic carbocycles. The molecule has 0 radical (unpaired) electrons. The van der Waals surface area contributed by atoms with Crippen molar-refractivity contribution in [1.29, 1.82) is 0 Å². The van der Waals surface area contributed by atoms with Crippen LogP contribution in [0.15, 0.2) is 42.7 Å². The summed E-state index contributed by atoms with van der Waals surface area (Å²) >= 11 is 11.9. The van der Waals surface area contributed by atoms with E-state index in [2.05, 4.69) is 16.4 Å². The first-order valence-corrected chi connectivity index (χ1v) is 6.47. The van der Waals surface area contributed by atoms with Crippen LogP contribution in [0.25, 0.3) is 0 Å². The molecule has 0 aliphatic heterocycles. The van der Waals surface area contributed by atoms with Gasteiger partial charge in [-0.25, -0.2) is 0 Å². The molecule has 0 saturated heterocycles. The van der Waals surface area contributed by atoms with Gasteiger partial charge >= 0.3 is 0 Å². The van der Waals surface area contributed by atoms with Gasteiger partial charge in [0.2, 0.25) is 0 Å². The van der Waals surface area contributed by atoms with Crippen LogP contribution in [0.4, 0.5) is 0 Å². The highest BCUT2D eigenvalue weighted by atomic mass is 35.5. The summed E-state index contributed by atoms with van der Waals surface area (Å²) in [6, 6.07) is 9.95. The lowest BCUT2D eigenvalue weighted by Crippen LogP contribution is -2.18. The normalized spacial score (nSPS) is 12.4. The average molecular weight is 281 g/mol. The molecule has 1 atom stereocenters. The Morgan fingerprint density at radius 2 is 2.06 bits per heavy atom. The van der Waals surface area contributed by atoms with Crippen molar-refractivity contribution in [1.82, 2.24) is 10.3 Å². The second kappa shape index (κ2) is 6.19. The van der Waals surface area contributed by atoms with Crippen LogP contribution in [0.2, 0.25) is 10.0 Å². The number of pyridine rings is 1. The van der Waals surface area contributed by atoms with Gasteiger partial charge in [-0.3, -0.25) is 4.98 Å². The zero-order chi connectivity index (χ0) is 13.0. The Labute approximate surface area is 117 Å². The molecule has 1 heterocycles. The Morgan fingerprint density at radius 3 is 2.67 bits per heavy atom. The van der Waals surface area contributed by atoms with E-state index in [4.69, 9.17) is 23.2 Å². The van der Waals surface area contributed by atoms with Crippen molar-refractivity contribution in [3.8, 4) is 0 Å². The molecule has 2 nitrogen and oxygen atoms in total. The molecule has 94 valence electrons. The maximum absolute atomic E-state index is 6.02. The first-order chi connectivity index (χ1) is 8.70. The summed E-state index contributed by atoms with van der Waals surface area (Å²) in [5.74, 6) is 0. The summed E-state index contributed by atoms with van der Waals surface area (Å²) in [4.78, 5) is 4.14. The summed E-state index contributed by atoms with van der Waals surface area (Å²) in [5.41, 5.74) is 2.30. The van der Waals surface area contributed by atoms with Crippen LogP contribution in [0.1, 0.15) is 17.2 Å². The van der Waals surface area contributed by atoms with Crippen LogP contribution >= 0.6 is 23.2 Å². The van der Waals surface area contributed by atoms with E-state index in [1.807, 2.05) is 37.5 Å². The highest BCUT2D eigenvalue weighted by Gasteiger charge is 2.10. The first kappa shape index (κ1) is 13.3. The molecule has 4 heteroatoms. The van der Waals surface area contributed by atoms with E-state index in [1.54, 1.807) is 6.20 Å². The van der Waals surface area contributed by atoms with Crippen molar-refractivity contribution in [3.63, 3.8) is 0 Å². The van der Waals surface area contributed by atoms with Gasteiger partial charge in [0.25, 0.3) is 0 Å². The van der Waals surface area contributed by atoms with Crippen LogP contribution in [0.3, 0.4) is 0 Å². The number of hydrogen-bond acceptors (Lipinski definition) is 2. The van der Waals surface area contributed by atoms with E-state index in [-0.39, 0.29) is 6.04 Å². The Kier molecular flexibility index (Phi) is 4.59. The number of nitrogens with zero attached hydrogens (tertiary/aromatic N) is 1. The summed E-state index contributed by atoms with van der Waals surface area (Å²) < 4.78 is 0. The highest BCUT2D eigenvalue weighted by molar-refractivity contribution is 6.42. The molecule has 0 bridgehead atoms. The third kappa shape index (κ3) is 3.22. The number of likely N-dealkylation sites (N-methyl/N-ethyl adjacent to an activating group) is 1. The molecular weight excluding hydrogens is 267 g/mol. The molecule has 1 aromatic carbocycles. The van der Waals surface area contributed by atoms with Crippen molar-refractivity contribution in [2.24, 2.45) is 0 Å². The second-order valence-electron chi connectivity index (χ2n) is 4.08. The van der Waals surface area contributed by atoms with Gasteiger partial charge < -0.3 is 5.32 Å². The minimum atomic E-state index is 0.218. The fraction of sp³-hybridized carbons (Fsp3) is 0.214. The molecular formula is C14H14Cl2N2. The first-order valence-electron chi connectivity index (χ1n) is 5.72. The quantitative estimate of drug-likeness (QED) is 0.919. The van der Waals surface area contributed by atoms with Crippen LogP contribution in [0, 0.1) is 0 Å². The van der Waals surface area contributed by atoms with Crippen molar-refractivity contribution in [2.45, 2.75) is 12.5 Å². The minimum Gasteiger partial charge on any atom is -0.313 e. The molecule has 0 fully saturated rings. The average Bonchev–Trinajstić information content (AvgIpc) is 2.41. The molecule has 1 N–H and O–H groups in total. The number of rotatable bonds is 4. The Balaban J connectivity index is 2.18. The molecule has 0 spiro atoms. The predicted octanol–water partition coefficient (Wildman–Crippen LogP) is 3.89. The summed E-state index contributed by atoms with van der Waals surface area (Å²) in [7, 11) is 1.94. The Hall–Kier alpha value is -1.09. The second-order valence-corrected chi connectivity index (χ2v) is 4.89. The SMILES string of the molecule is CNC(Cc1ccc(Cl)c(Cl)c1)c1cccnc1. The lowest BCUT2D eigenvalue weighted by atomic mass is 10.0. The largest absolute Gasteiger partial charge is 0.313 e. The number of halogens is 2. The van der Waals surface area contributed by atoms with E-state index in [0.717, 1.165) is 17.5 Å². The van der Waals surface area contributed by atoms with Crippen LogP contribution in [0.5, 0.6) is 0 Å². The van der Waals surface area contributed by atoms with E-state index < -0.39 is 0 Å². The number of nitrogens with one attached hydrogen (secondary N) is 1. The van der Waals surface area contributed by atoms with Crippen molar-refractivity contribution in [3.05, 3.63) is 63.9 Å². The number of aromatic nitrogens is 1. The smallest absolute Gasteiger partial charge is 0.0595 e. The van der Waals surface area contributed by atoms with Crippen LogP contribution in [-0.4, -0.2) is 12.0 Å². The standard InChI is InChI=1S/C14H14Cl2N2/c1-17-14(11-3-2-6-18-9-11)8-10-4-5-12(15)13(16)7-10/h2-7,9,14,17H,8H2,1H3. The van der Waals surface area contributed by atoms with Gasteiger partial charge in [0.15, 0.2) is 0 Å². The zero-order valence-corrected chi connectivity index (χ0v) is 11.5. The van der Waals surface area contributed by atoms with Crippen molar-refractivity contribution < 1.29 is 0 Å². The monoisotopic (exact) mass is 280 g/mol. The van der Waals surface area contributed by atoms with Gasteiger partial charge in [0.05, 0.1) is 10.0 Å². The zero-order valence-electron chi connectivity index (χ0n) is 10.0. The van der Waals surface area contributed by atoms with Gasteiger partial charge in [0, 0.05) is 18.4 Å². The maximum Gasteiger partial charge on any atom is 0.0595 e. The number of hydrogen-bond donors (Lipinski definition) is 1. The van der Waals surface area contributed by atoms with Crippen LogP contribution < -0.4 is 5.32 Å². The fourth-order valence-electron chi connectivity index (χ4n) is 1.87. The molecule has 1 unspecified atom stereocenters. The van der Waals surface area contributed by atoms with Gasteiger partial charge in [-0.1, -0.05) is 35.3 Å². The summed E-state index contributed by atoms with van der Waals surface area (Å²) in [6.45, 7) is 0. The van der Waals surface area contributed by atoms with Crippen molar-refractivity contribution in [2.75, 3.05) is 7.05 Å². The maximum atomic E-state index is 6.02. The lowest BCUT2D eigenvalue weighted by Gasteiger charge is -2.16.